The molecule has 1 amide bonds. The molecule has 0 atom stereocenters. The number of benzene rings is 2. The van der Waals surface area contributed by atoms with Gasteiger partial charge in [-0.25, -0.2) is 0 Å². The van der Waals surface area contributed by atoms with Gasteiger partial charge < -0.3 is 10.1 Å². The monoisotopic (exact) mass is 371 g/mol. The van der Waals surface area contributed by atoms with Crippen LogP contribution in [0.4, 0.5) is 5.69 Å². The summed E-state index contributed by atoms with van der Waals surface area (Å²) in [6.45, 7) is 5.36. The molecule has 0 heterocycles. The highest BCUT2D eigenvalue weighted by molar-refractivity contribution is 5.77. The molecule has 2 rings (SSSR count). The van der Waals surface area contributed by atoms with Gasteiger partial charge in [-0.2, -0.15) is 0 Å². The molecule has 0 unspecified atom stereocenters. The second kappa shape index (κ2) is 9.68. The van der Waals surface area contributed by atoms with Crippen molar-refractivity contribution >= 4 is 11.6 Å². The number of nitrogens with one attached hydrogen (secondary N) is 1. The lowest BCUT2D eigenvalue weighted by atomic mass is 10.1. The van der Waals surface area contributed by atoms with Crippen LogP contribution in [0, 0.1) is 10.1 Å². The molecular weight excluding hydrogens is 346 g/mol. The third kappa shape index (κ3) is 6.38. The van der Waals surface area contributed by atoms with Crippen LogP contribution in [0.15, 0.2) is 48.5 Å². The summed E-state index contributed by atoms with van der Waals surface area (Å²) in [5.74, 6) is 0.162. The van der Waals surface area contributed by atoms with E-state index in [-0.39, 0.29) is 18.2 Å². The fourth-order valence-electron chi connectivity index (χ4n) is 2.39. The molecule has 0 aliphatic heterocycles. The second-order valence-corrected chi connectivity index (χ2v) is 6.59. The topological polar surface area (TPSA) is 84.7 Å². The van der Waals surface area contributed by atoms with E-state index in [1.165, 1.54) is 29.8 Å². The zero-order chi connectivity index (χ0) is 19.8. The summed E-state index contributed by atoms with van der Waals surface area (Å²) >= 11 is 0. The smallest absolute Gasteiger partial charge is 0.269 e. The SMILES string of the molecule is CC(C)N(C)Cc1ccccc1CNC(=O)COc1ccc([N+](=O)[O-])cc1. The second-order valence-electron chi connectivity index (χ2n) is 6.59. The van der Waals surface area contributed by atoms with Crippen LogP contribution < -0.4 is 10.1 Å². The minimum atomic E-state index is -0.481. The van der Waals surface area contributed by atoms with Crippen LogP contribution in [-0.4, -0.2) is 35.4 Å². The number of hydrogen-bond acceptors (Lipinski definition) is 5. The predicted octanol–water partition coefficient (Wildman–Crippen LogP) is 3.13. The van der Waals surface area contributed by atoms with E-state index < -0.39 is 4.92 Å². The van der Waals surface area contributed by atoms with E-state index in [1.54, 1.807) is 0 Å². The molecular formula is C20H25N3O4. The van der Waals surface area contributed by atoms with E-state index in [1.807, 2.05) is 18.2 Å². The summed E-state index contributed by atoms with van der Waals surface area (Å²) in [5, 5.41) is 13.5. The van der Waals surface area contributed by atoms with Crippen molar-refractivity contribution in [1.82, 2.24) is 10.2 Å². The summed E-state index contributed by atoms with van der Waals surface area (Å²) < 4.78 is 5.37. The Labute approximate surface area is 159 Å². The maximum absolute atomic E-state index is 12.1. The number of rotatable bonds is 9. The Balaban J connectivity index is 1.86. The van der Waals surface area contributed by atoms with Crippen molar-refractivity contribution < 1.29 is 14.5 Å². The van der Waals surface area contributed by atoms with Crippen molar-refractivity contribution in [3.8, 4) is 5.75 Å². The average molecular weight is 371 g/mol. The molecule has 1 N–H and O–H groups in total. The fourth-order valence-corrected chi connectivity index (χ4v) is 2.39. The Morgan fingerprint density at radius 1 is 1.15 bits per heavy atom. The molecule has 0 saturated carbocycles. The number of nitro groups is 1. The van der Waals surface area contributed by atoms with Gasteiger partial charge in [0.2, 0.25) is 0 Å². The minimum Gasteiger partial charge on any atom is -0.484 e. The first-order valence-corrected chi connectivity index (χ1v) is 8.77. The highest BCUT2D eigenvalue weighted by atomic mass is 16.6. The van der Waals surface area contributed by atoms with Gasteiger partial charge >= 0.3 is 0 Å². The normalized spacial score (nSPS) is 10.9. The number of amides is 1. The minimum absolute atomic E-state index is 0.0187. The molecule has 0 saturated heterocycles. The first-order valence-electron chi connectivity index (χ1n) is 8.77. The summed E-state index contributed by atoms with van der Waals surface area (Å²) in [7, 11) is 2.07. The summed E-state index contributed by atoms with van der Waals surface area (Å²) in [6, 6.07) is 14.1. The Hall–Kier alpha value is -2.93. The lowest BCUT2D eigenvalue weighted by Crippen LogP contribution is -2.30. The van der Waals surface area contributed by atoms with Crippen LogP contribution >= 0.6 is 0 Å². The number of non-ortho nitro benzene ring substituents is 1. The average Bonchev–Trinajstić information content (AvgIpc) is 2.65. The molecule has 0 aliphatic rings. The lowest BCUT2D eigenvalue weighted by Gasteiger charge is -2.22. The molecule has 7 heteroatoms. The van der Waals surface area contributed by atoms with Crippen molar-refractivity contribution in [2.45, 2.75) is 33.0 Å². The highest BCUT2D eigenvalue weighted by Gasteiger charge is 2.10. The van der Waals surface area contributed by atoms with Crippen molar-refractivity contribution in [3.05, 3.63) is 69.8 Å². The molecule has 144 valence electrons. The van der Waals surface area contributed by atoms with Gasteiger partial charge in [0, 0.05) is 31.3 Å². The quantitative estimate of drug-likeness (QED) is 0.541. The van der Waals surface area contributed by atoms with E-state index in [9.17, 15) is 14.9 Å². The summed E-state index contributed by atoms with van der Waals surface area (Å²) in [4.78, 5) is 24.4. The number of nitrogens with zero attached hydrogens (tertiary/aromatic N) is 2. The first kappa shape index (κ1) is 20.4. The zero-order valence-electron chi connectivity index (χ0n) is 15.8. The fraction of sp³-hybridized carbons (Fsp3) is 0.350. The maximum atomic E-state index is 12.1. The molecule has 0 aromatic heterocycles. The van der Waals surface area contributed by atoms with Crippen LogP contribution in [0.5, 0.6) is 5.75 Å². The van der Waals surface area contributed by atoms with Crippen molar-refractivity contribution in [2.24, 2.45) is 0 Å². The van der Waals surface area contributed by atoms with Crippen LogP contribution in [0.1, 0.15) is 25.0 Å². The summed E-state index contributed by atoms with van der Waals surface area (Å²) in [5.41, 5.74) is 2.22. The third-order valence-electron chi connectivity index (χ3n) is 4.31. The van der Waals surface area contributed by atoms with Crippen LogP contribution in [0.3, 0.4) is 0 Å². The van der Waals surface area contributed by atoms with Gasteiger partial charge in [0.15, 0.2) is 6.61 Å². The molecule has 0 aliphatic carbocycles. The van der Waals surface area contributed by atoms with Gasteiger partial charge in [-0.05, 0) is 44.2 Å². The Morgan fingerprint density at radius 3 is 2.37 bits per heavy atom. The standard InChI is InChI=1S/C20H25N3O4/c1-15(2)22(3)13-17-7-5-4-6-16(17)12-21-20(24)14-27-19-10-8-18(9-11-19)23(25)26/h4-11,15H,12-14H2,1-3H3,(H,21,24). The van der Waals surface area contributed by atoms with Crippen LogP contribution in [0.25, 0.3) is 0 Å². The van der Waals surface area contributed by atoms with Gasteiger partial charge in [-0.1, -0.05) is 24.3 Å². The molecule has 27 heavy (non-hydrogen) atoms. The number of nitro benzene ring substituents is 1. The largest absolute Gasteiger partial charge is 0.484 e. The van der Waals surface area contributed by atoms with E-state index in [0.29, 0.717) is 18.3 Å². The Kier molecular flexibility index (Phi) is 7.31. The van der Waals surface area contributed by atoms with Gasteiger partial charge in [0.1, 0.15) is 5.75 Å². The number of hydrogen-bond donors (Lipinski definition) is 1. The van der Waals surface area contributed by atoms with Crippen LogP contribution in [-0.2, 0) is 17.9 Å². The summed E-state index contributed by atoms with van der Waals surface area (Å²) in [6.07, 6.45) is 0. The number of ether oxygens (including phenoxy) is 1. The molecule has 2 aromatic carbocycles. The van der Waals surface area contributed by atoms with E-state index in [4.69, 9.17) is 4.74 Å². The number of carbonyl (C=O) groups is 1. The van der Waals surface area contributed by atoms with Crippen molar-refractivity contribution in [1.29, 1.82) is 0 Å². The molecule has 0 radical (unpaired) electrons. The Morgan fingerprint density at radius 2 is 1.78 bits per heavy atom. The third-order valence-corrected chi connectivity index (χ3v) is 4.31. The first-order chi connectivity index (χ1) is 12.9. The van der Waals surface area contributed by atoms with Gasteiger partial charge in [-0.3, -0.25) is 19.8 Å². The van der Waals surface area contributed by atoms with Crippen molar-refractivity contribution in [3.63, 3.8) is 0 Å². The van der Waals surface area contributed by atoms with Gasteiger partial charge in [0.25, 0.3) is 11.6 Å². The predicted molar refractivity (Wildman–Crippen MR) is 103 cm³/mol. The zero-order valence-corrected chi connectivity index (χ0v) is 15.8. The molecule has 7 nitrogen and oxygen atoms in total. The molecule has 0 spiro atoms. The lowest BCUT2D eigenvalue weighted by molar-refractivity contribution is -0.384. The molecule has 0 bridgehead atoms. The molecule has 0 fully saturated rings. The van der Waals surface area contributed by atoms with Gasteiger partial charge in [-0.15, -0.1) is 0 Å². The van der Waals surface area contributed by atoms with Crippen LogP contribution in [0.2, 0.25) is 0 Å². The maximum Gasteiger partial charge on any atom is 0.269 e. The van der Waals surface area contributed by atoms with E-state index >= 15 is 0 Å². The highest BCUT2D eigenvalue weighted by Crippen LogP contribution is 2.17. The van der Waals surface area contributed by atoms with E-state index in [0.717, 1.165) is 12.1 Å². The van der Waals surface area contributed by atoms with Crippen molar-refractivity contribution in [2.75, 3.05) is 13.7 Å². The van der Waals surface area contributed by atoms with E-state index in [2.05, 4.69) is 37.2 Å². The molecule has 2 aromatic rings. The number of carbonyl (C=O) groups excluding carboxylic acids is 1. The van der Waals surface area contributed by atoms with Gasteiger partial charge in [0.05, 0.1) is 4.92 Å². The Bertz CT molecular complexity index is 775.